The minimum atomic E-state index is -0.849. The summed E-state index contributed by atoms with van der Waals surface area (Å²) >= 11 is 0. The fourth-order valence-electron chi connectivity index (χ4n) is 3.68. The first-order valence-corrected chi connectivity index (χ1v) is 10.0. The van der Waals surface area contributed by atoms with Gasteiger partial charge in [-0.05, 0) is 55.5 Å². The predicted molar refractivity (Wildman–Crippen MR) is 111 cm³/mol. The van der Waals surface area contributed by atoms with E-state index in [0.717, 1.165) is 24.9 Å². The Kier molecular flexibility index (Phi) is 7.00. The number of carboxylic acids is 1. The van der Waals surface area contributed by atoms with Gasteiger partial charge < -0.3 is 15.3 Å². The molecule has 0 radical (unpaired) electrons. The van der Waals surface area contributed by atoms with E-state index in [-0.39, 0.29) is 30.7 Å². The standard InChI is InChI=1S/C23H26N2O4/c26-21(10-4-5-11-22(27)28)24-19-14-12-18(13-15-19)23(29)25-16-6-9-20(25)17-7-2-1-3-8-17/h1-3,7-8,12-15,20H,4-6,9-11,16H2,(H,24,26)(H,27,28). The zero-order valence-corrected chi connectivity index (χ0v) is 16.3. The average Bonchev–Trinajstić information content (AvgIpc) is 3.22. The third kappa shape index (κ3) is 5.67. The van der Waals surface area contributed by atoms with Gasteiger partial charge in [-0.15, -0.1) is 0 Å². The lowest BCUT2D eigenvalue weighted by Gasteiger charge is -2.25. The van der Waals surface area contributed by atoms with Gasteiger partial charge in [-0.25, -0.2) is 0 Å². The Bertz CT molecular complexity index is 849. The Morgan fingerprint density at radius 3 is 2.34 bits per heavy atom. The number of amides is 2. The average molecular weight is 394 g/mol. The first-order valence-electron chi connectivity index (χ1n) is 10.0. The number of hydrogen-bond donors (Lipinski definition) is 2. The van der Waals surface area contributed by atoms with E-state index < -0.39 is 5.97 Å². The van der Waals surface area contributed by atoms with Crippen LogP contribution in [0.4, 0.5) is 5.69 Å². The molecule has 152 valence electrons. The molecule has 1 heterocycles. The first-order chi connectivity index (χ1) is 14.0. The largest absolute Gasteiger partial charge is 0.481 e. The highest BCUT2D eigenvalue weighted by Gasteiger charge is 2.30. The maximum Gasteiger partial charge on any atom is 0.303 e. The van der Waals surface area contributed by atoms with Gasteiger partial charge in [0.05, 0.1) is 6.04 Å². The van der Waals surface area contributed by atoms with Gasteiger partial charge in [0.15, 0.2) is 0 Å². The van der Waals surface area contributed by atoms with Crippen LogP contribution in [0.15, 0.2) is 54.6 Å². The SMILES string of the molecule is O=C(O)CCCCC(=O)Nc1ccc(C(=O)N2CCCC2c2ccccc2)cc1. The molecule has 6 heteroatoms. The Morgan fingerprint density at radius 1 is 0.966 bits per heavy atom. The van der Waals surface area contributed by atoms with Gasteiger partial charge >= 0.3 is 5.97 Å². The number of aliphatic carboxylic acids is 1. The highest BCUT2D eigenvalue weighted by Crippen LogP contribution is 2.33. The smallest absolute Gasteiger partial charge is 0.303 e. The molecule has 2 amide bonds. The van der Waals surface area contributed by atoms with Crippen molar-refractivity contribution in [2.45, 2.75) is 44.6 Å². The summed E-state index contributed by atoms with van der Waals surface area (Å²) in [5, 5.41) is 11.4. The molecule has 29 heavy (non-hydrogen) atoms. The van der Waals surface area contributed by atoms with Crippen LogP contribution in [0.25, 0.3) is 0 Å². The maximum atomic E-state index is 13.0. The van der Waals surface area contributed by atoms with Gasteiger partial charge in [-0.1, -0.05) is 30.3 Å². The molecule has 3 rings (SSSR count). The molecule has 1 aliphatic rings. The molecule has 1 saturated heterocycles. The normalized spacial score (nSPS) is 15.9. The fourth-order valence-corrected chi connectivity index (χ4v) is 3.68. The summed E-state index contributed by atoms with van der Waals surface area (Å²) in [6.45, 7) is 0.743. The zero-order valence-electron chi connectivity index (χ0n) is 16.3. The molecule has 1 atom stereocenters. The summed E-state index contributed by atoms with van der Waals surface area (Å²) in [4.78, 5) is 37.3. The molecule has 2 N–H and O–H groups in total. The summed E-state index contributed by atoms with van der Waals surface area (Å²) < 4.78 is 0. The molecular weight excluding hydrogens is 368 g/mol. The lowest BCUT2D eigenvalue weighted by atomic mass is 10.0. The van der Waals surface area contributed by atoms with Crippen LogP contribution in [-0.2, 0) is 9.59 Å². The second-order valence-electron chi connectivity index (χ2n) is 7.29. The Labute approximate surface area is 170 Å². The number of anilines is 1. The predicted octanol–water partition coefficient (Wildman–Crippen LogP) is 4.25. The quantitative estimate of drug-likeness (QED) is 0.656. The third-order valence-corrected chi connectivity index (χ3v) is 5.16. The van der Waals surface area contributed by atoms with Gasteiger partial charge in [-0.3, -0.25) is 14.4 Å². The molecule has 1 aliphatic heterocycles. The van der Waals surface area contributed by atoms with E-state index in [0.29, 0.717) is 24.1 Å². The summed E-state index contributed by atoms with van der Waals surface area (Å²) in [6.07, 6.45) is 3.32. The van der Waals surface area contributed by atoms with E-state index in [4.69, 9.17) is 5.11 Å². The number of hydrogen-bond acceptors (Lipinski definition) is 3. The van der Waals surface area contributed by atoms with Gasteiger partial charge in [0.2, 0.25) is 5.91 Å². The number of nitrogens with one attached hydrogen (secondary N) is 1. The van der Waals surface area contributed by atoms with Crippen LogP contribution in [0.3, 0.4) is 0 Å². The van der Waals surface area contributed by atoms with Crippen LogP contribution in [-0.4, -0.2) is 34.3 Å². The molecule has 1 fully saturated rings. The zero-order chi connectivity index (χ0) is 20.6. The van der Waals surface area contributed by atoms with Crippen molar-refractivity contribution >= 4 is 23.5 Å². The van der Waals surface area contributed by atoms with Crippen LogP contribution < -0.4 is 5.32 Å². The van der Waals surface area contributed by atoms with Crippen molar-refractivity contribution in [2.75, 3.05) is 11.9 Å². The molecule has 1 unspecified atom stereocenters. The number of likely N-dealkylation sites (tertiary alicyclic amines) is 1. The lowest BCUT2D eigenvalue weighted by molar-refractivity contribution is -0.137. The topological polar surface area (TPSA) is 86.7 Å². The molecule has 0 saturated carbocycles. The molecule has 0 aromatic heterocycles. The lowest BCUT2D eigenvalue weighted by Crippen LogP contribution is -2.30. The molecule has 0 bridgehead atoms. The van der Waals surface area contributed by atoms with E-state index in [9.17, 15) is 14.4 Å². The number of nitrogens with zero attached hydrogens (tertiary/aromatic N) is 1. The van der Waals surface area contributed by atoms with Gasteiger partial charge in [0, 0.05) is 30.6 Å². The van der Waals surface area contributed by atoms with Crippen molar-refractivity contribution in [1.82, 2.24) is 4.90 Å². The van der Waals surface area contributed by atoms with Gasteiger partial charge in [-0.2, -0.15) is 0 Å². The number of benzene rings is 2. The molecular formula is C23H26N2O4. The summed E-state index contributed by atoms with van der Waals surface area (Å²) in [7, 11) is 0. The number of carbonyl (C=O) groups excluding carboxylic acids is 2. The molecule has 6 nitrogen and oxygen atoms in total. The van der Waals surface area contributed by atoms with Crippen molar-refractivity contribution < 1.29 is 19.5 Å². The second kappa shape index (κ2) is 9.87. The van der Waals surface area contributed by atoms with Crippen LogP contribution in [0.2, 0.25) is 0 Å². The minimum Gasteiger partial charge on any atom is -0.481 e. The third-order valence-electron chi connectivity index (χ3n) is 5.16. The Balaban J connectivity index is 1.56. The molecule has 2 aromatic rings. The highest BCUT2D eigenvalue weighted by atomic mass is 16.4. The van der Waals surface area contributed by atoms with Crippen molar-refractivity contribution in [1.29, 1.82) is 0 Å². The van der Waals surface area contributed by atoms with Gasteiger partial charge in [0.1, 0.15) is 0 Å². The minimum absolute atomic E-state index is 0.00269. The van der Waals surface area contributed by atoms with Crippen LogP contribution in [0, 0.1) is 0 Å². The van der Waals surface area contributed by atoms with E-state index in [1.54, 1.807) is 24.3 Å². The van der Waals surface area contributed by atoms with Gasteiger partial charge in [0.25, 0.3) is 5.91 Å². The number of rotatable bonds is 8. The molecule has 0 aliphatic carbocycles. The summed E-state index contributed by atoms with van der Waals surface area (Å²) in [6, 6.07) is 17.1. The number of carbonyl (C=O) groups is 3. The fraction of sp³-hybridized carbons (Fsp3) is 0.348. The van der Waals surface area contributed by atoms with E-state index in [2.05, 4.69) is 17.4 Å². The molecule has 0 spiro atoms. The van der Waals surface area contributed by atoms with Crippen LogP contribution >= 0.6 is 0 Å². The van der Waals surface area contributed by atoms with Crippen LogP contribution in [0.1, 0.15) is 60.5 Å². The number of carboxylic acid groups (broad SMARTS) is 1. The second-order valence-corrected chi connectivity index (χ2v) is 7.29. The summed E-state index contributed by atoms with van der Waals surface area (Å²) in [5.74, 6) is -1.00. The Hall–Kier alpha value is -3.15. The molecule has 2 aromatic carbocycles. The number of unbranched alkanes of at least 4 members (excludes halogenated alkanes) is 1. The van der Waals surface area contributed by atoms with Crippen molar-refractivity contribution in [3.05, 3.63) is 65.7 Å². The van der Waals surface area contributed by atoms with Crippen LogP contribution in [0.5, 0.6) is 0 Å². The van der Waals surface area contributed by atoms with Crippen molar-refractivity contribution in [2.24, 2.45) is 0 Å². The summed E-state index contributed by atoms with van der Waals surface area (Å²) in [5.41, 5.74) is 2.39. The van der Waals surface area contributed by atoms with E-state index in [1.807, 2.05) is 23.1 Å². The Morgan fingerprint density at radius 2 is 1.66 bits per heavy atom. The van der Waals surface area contributed by atoms with E-state index >= 15 is 0 Å². The van der Waals surface area contributed by atoms with Crippen molar-refractivity contribution in [3.8, 4) is 0 Å². The van der Waals surface area contributed by atoms with Crippen molar-refractivity contribution in [3.63, 3.8) is 0 Å². The maximum absolute atomic E-state index is 13.0. The van der Waals surface area contributed by atoms with E-state index in [1.165, 1.54) is 0 Å². The highest BCUT2D eigenvalue weighted by molar-refractivity contribution is 5.96. The first kappa shape index (κ1) is 20.6. The monoisotopic (exact) mass is 394 g/mol.